The van der Waals surface area contributed by atoms with Crippen LogP contribution < -0.4 is 10.2 Å². The minimum absolute atomic E-state index is 0.0852. The maximum absolute atomic E-state index is 12.3. The standard InChI is InChI=1S/C17H22N4O2S/c1-20(12-14-4-10-24-13-14)17(22)19-11-15-3-2-5-18-16(15)21-6-8-23-9-7-21/h2-5,10,13H,6-9,11-12H2,1H3,(H,19,22). The Morgan fingerprint density at radius 1 is 1.42 bits per heavy atom. The minimum atomic E-state index is -0.0852. The van der Waals surface area contributed by atoms with Gasteiger partial charge in [-0.15, -0.1) is 0 Å². The molecule has 2 aromatic rings. The number of hydrogen-bond donors (Lipinski definition) is 1. The number of carbonyl (C=O) groups is 1. The summed E-state index contributed by atoms with van der Waals surface area (Å²) in [6, 6.07) is 5.86. The summed E-state index contributed by atoms with van der Waals surface area (Å²) in [5.74, 6) is 0.932. The fraction of sp³-hybridized carbons (Fsp3) is 0.412. The fourth-order valence-corrected chi connectivity index (χ4v) is 3.32. The number of nitrogens with zero attached hydrogens (tertiary/aromatic N) is 3. The average molecular weight is 346 g/mol. The summed E-state index contributed by atoms with van der Waals surface area (Å²) in [5, 5.41) is 7.06. The summed E-state index contributed by atoms with van der Waals surface area (Å²) < 4.78 is 5.40. The summed E-state index contributed by atoms with van der Waals surface area (Å²) in [7, 11) is 1.80. The van der Waals surface area contributed by atoms with Gasteiger partial charge in [-0.05, 0) is 28.5 Å². The molecule has 6 nitrogen and oxygen atoms in total. The van der Waals surface area contributed by atoms with E-state index in [2.05, 4.69) is 20.6 Å². The first-order valence-corrected chi connectivity index (χ1v) is 8.95. The Morgan fingerprint density at radius 2 is 2.25 bits per heavy atom. The van der Waals surface area contributed by atoms with Crippen LogP contribution in [0, 0.1) is 0 Å². The number of amides is 2. The van der Waals surface area contributed by atoms with E-state index in [1.807, 2.05) is 23.6 Å². The first-order chi connectivity index (χ1) is 11.7. The van der Waals surface area contributed by atoms with Gasteiger partial charge in [0, 0.05) is 45.0 Å². The maximum atomic E-state index is 12.3. The van der Waals surface area contributed by atoms with Gasteiger partial charge in [0.15, 0.2) is 0 Å². The van der Waals surface area contributed by atoms with Gasteiger partial charge in [-0.3, -0.25) is 0 Å². The summed E-state index contributed by atoms with van der Waals surface area (Å²) >= 11 is 1.64. The molecule has 7 heteroatoms. The van der Waals surface area contributed by atoms with Crippen LogP contribution in [0.1, 0.15) is 11.1 Å². The molecule has 0 saturated carbocycles. The topological polar surface area (TPSA) is 57.7 Å². The van der Waals surface area contributed by atoms with Crippen molar-refractivity contribution >= 4 is 23.2 Å². The quantitative estimate of drug-likeness (QED) is 0.903. The number of morpholine rings is 1. The molecule has 0 spiro atoms. The van der Waals surface area contributed by atoms with Crippen molar-refractivity contribution in [2.24, 2.45) is 0 Å². The summed E-state index contributed by atoms with van der Waals surface area (Å²) in [4.78, 5) is 20.7. The highest BCUT2D eigenvalue weighted by atomic mass is 32.1. The van der Waals surface area contributed by atoms with E-state index in [1.54, 1.807) is 29.5 Å². The molecular formula is C17H22N4O2S. The normalized spacial score (nSPS) is 14.5. The lowest BCUT2D eigenvalue weighted by Gasteiger charge is -2.29. The van der Waals surface area contributed by atoms with Crippen LogP contribution in [0.3, 0.4) is 0 Å². The van der Waals surface area contributed by atoms with Crippen LogP contribution in [-0.2, 0) is 17.8 Å². The van der Waals surface area contributed by atoms with Crippen molar-refractivity contribution in [1.82, 2.24) is 15.2 Å². The second-order valence-electron chi connectivity index (χ2n) is 5.73. The number of urea groups is 1. The van der Waals surface area contributed by atoms with Crippen molar-refractivity contribution in [3.8, 4) is 0 Å². The number of thiophene rings is 1. The molecule has 0 atom stereocenters. The van der Waals surface area contributed by atoms with Crippen molar-refractivity contribution < 1.29 is 9.53 Å². The molecule has 1 aliphatic heterocycles. The van der Waals surface area contributed by atoms with Gasteiger partial charge in [-0.2, -0.15) is 11.3 Å². The van der Waals surface area contributed by atoms with E-state index in [0.29, 0.717) is 26.3 Å². The first kappa shape index (κ1) is 16.7. The van der Waals surface area contributed by atoms with Crippen LogP contribution in [-0.4, -0.2) is 49.3 Å². The van der Waals surface area contributed by atoms with Crippen molar-refractivity contribution in [3.05, 3.63) is 46.3 Å². The highest BCUT2D eigenvalue weighted by molar-refractivity contribution is 7.07. The Morgan fingerprint density at radius 3 is 3.00 bits per heavy atom. The molecule has 24 heavy (non-hydrogen) atoms. The number of anilines is 1. The third-order valence-electron chi connectivity index (χ3n) is 3.95. The summed E-state index contributed by atoms with van der Waals surface area (Å²) in [6.45, 7) is 4.16. The molecule has 3 heterocycles. The third kappa shape index (κ3) is 4.24. The summed E-state index contributed by atoms with van der Waals surface area (Å²) in [5.41, 5.74) is 2.17. The Labute approximate surface area is 146 Å². The van der Waals surface area contributed by atoms with Gasteiger partial charge in [-0.25, -0.2) is 9.78 Å². The molecule has 3 rings (SSSR count). The van der Waals surface area contributed by atoms with Gasteiger partial charge in [0.25, 0.3) is 0 Å². The average Bonchev–Trinajstić information content (AvgIpc) is 3.13. The smallest absolute Gasteiger partial charge is 0.317 e. The molecular weight excluding hydrogens is 324 g/mol. The molecule has 0 bridgehead atoms. The van der Waals surface area contributed by atoms with Crippen molar-refractivity contribution in [1.29, 1.82) is 0 Å². The monoisotopic (exact) mass is 346 g/mol. The molecule has 0 aromatic carbocycles. The van der Waals surface area contributed by atoms with Crippen LogP contribution >= 0.6 is 11.3 Å². The van der Waals surface area contributed by atoms with E-state index in [1.165, 1.54) is 0 Å². The van der Waals surface area contributed by atoms with Crippen molar-refractivity contribution in [3.63, 3.8) is 0 Å². The van der Waals surface area contributed by atoms with Crippen LogP contribution in [0.25, 0.3) is 0 Å². The molecule has 2 aromatic heterocycles. The number of carbonyl (C=O) groups excluding carboxylic acids is 1. The number of aromatic nitrogens is 1. The predicted molar refractivity (Wildman–Crippen MR) is 95.3 cm³/mol. The Kier molecular flexibility index (Phi) is 5.66. The van der Waals surface area contributed by atoms with Crippen LogP contribution in [0.5, 0.6) is 0 Å². The van der Waals surface area contributed by atoms with Crippen LogP contribution in [0.4, 0.5) is 10.6 Å². The lowest BCUT2D eigenvalue weighted by molar-refractivity contribution is 0.122. The third-order valence-corrected chi connectivity index (χ3v) is 4.69. The van der Waals surface area contributed by atoms with E-state index in [9.17, 15) is 4.79 Å². The first-order valence-electron chi connectivity index (χ1n) is 8.00. The van der Waals surface area contributed by atoms with E-state index < -0.39 is 0 Å². The zero-order valence-corrected chi connectivity index (χ0v) is 14.6. The predicted octanol–water partition coefficient (Wildman–Crippen LogP) is 2.32. The number of rotatable bonds is 5. The SMILES string of the molecule is CN(Cc1ccsc1)C(=O)NCc1cccnc1N1CCOCC1. The summed E-state index contributed by atoms with van der Waals surface area (Å²) in [6.07, 6.45) is 1.79. The second-order valence-corrected chi connectivity index (χ2v) is 6.51. The molecule has 1 aliphatic rings. The molecule has 1 saturated heterocycles. The Balaban J connectivity index is 1.58. The molecule has 2 amide bonds. The van der Waals surface area contributed by atoms with Crippen LogP contribution in [0.2, 0.25) is 0 Å². The van der Waals surface area contributed by atoms with E-state index in [4.69, 9.17) is 4.74 Å². The fourth-order valence-electron chi connectivity index (χ4n) is 2.66. The lowest BCUT2D eigenvalue weighted by Crippen LogP contribution is -2.39. The second kappa shape index (κ2) is 8.12. The highest BCUT2D eigenvalue weighted by Gasteiger charge is 2.16. The van der Waals surface area contributed by atoms with Crippen LogP contribution in [0.15, 0.2) is 35.2 Å². The Bertz CT molecular complexity index is 656. The van der Waals surface area contributed by atoms with Gasteiger partial charge in [0.1, 0.15) is 5.82 Å². The van der Waals surface area contributed by atoms with E-state index in [0.717, 1.165) is 30.0 Å². The molecule has 0 unspecified atom stereocenters. The van der Waals surface area contributed by atoms with Gasteiger partial charge in [-0.1, -0.05) is 6.07 Å². The number of pyridine rings is 1. The number of nitrogens with one attached hydrogen (secondary N) is 1. The van der Waals surface area contributed by atoms with Gasteiger partial charge < -0.3 is 19.9 Å². The highest BCUT2D eigenvalue weighted by Crippen LogP contribution is 2.18. The van der Waals surface area contributed by atoms with E-state index in [-0.39, 0.29) is 6.03 Å². The molecule has 1 N–H and O–H groups in total. The van der Waals surface area contributed by atoms with Gasteiger partial charge in [0.05, 0.1) is 13.2 Å². The zero-order chi connectivity index (χ0) is 16.8. The van der Waals surface area contributed by atoms with Gasteiger partial charge in [0.2, 0.25) is 0 Å². The largest absolute Gasteiger partial charge is 0.378 e. The molecule has 0 aliphatic carbocycles. The lowest BCUT2D eigenvalue weighted by atomic mass is 10.2. The molecule has 128 valence electrons. The van der Waals surface area contributed by atoms with Crippen molar-refractivity contribution in [2.75, 3.05) is 38.3 Å². The minimum Gasteiger partial charge on any atom is -0.378 e. The zero-order valence-electron chi connectivity index (χ0n) is 13.8. The maximum Gasteiger partial charge on any atom is 0.317 e. The Hall–Kier alpha value is -2.12. The van der Waals surface area contributed by atoms with Crippen molar-refractivity contribution in [2.45, 2.75) is 13.1 Å². The number of ether oxygens (including phenoxy) is 1. The molecule has 1 fully saturated rings. The number of hydrogen-bond acceptors (Lipinski definition) is 5. The molecule has 0 radical (unpaired) electrons. The van der Waals surface area contributed by atoms with Gasteiger partial charge >= 0.3 is 6.03 Å². The van der Waals surface area contributed by atoms with E-state index >= 15 is 0 Å².